The summed E-state index contributed by atoms with van der Waals surface area (Å²) >= 11 is 1.93. The second-order valence-corrected chi connectivity index (χ2v) is 12.5. The monoisotopic (exact) mass is 494 g/mol. The topological polar surface area (TPSA) is 21.7 Å². The Balaban J connectivity index is 1.61. The molecule has 0 N–H and O–H groups in total. The number of thiazole rings is 1. The SMILES string of the molecule is Cc1ccc2nc(C3CCCCC3)sc2c1-c1n(-c2ccc(C(C)(C)C)cc2)c2ccccc2[n+]1C. The van der Waals surface area contributed by atoms with Crippen LogP contribution in [0, 0.1) is 6.92 Å². The highest BCUT2D eigenvalue weighted by Gasteiger charge is 2.30. The summed E-state index contributed by atoms with van der Waals surface area (Å²) in [6, 6.07) is 22.4. The van der Waals surface area contributed by atoms with Gasteiger partial charge in [-0.1, -0.05) is 70.4 Å². The molecule has 0 saturated heterocycles. The van der Waals surface area contributed by atoms with E-state index in [4.69, 9.17) is 4.98 Å². The standard InChI is InChI=1S/C32H36N3S/c1-21-15-20-25-29(36-30(33-25)22-11-7-6-8-12-22)28(21)31-34(5)26-13-9-10-14-27(26)35(31)24-18-16-23(17-19-24)32(2,3)4/h9-10,13-20,22H,6-8,11-12H2,1-5H3/q+1. The summed E-state index contributed by atoms with van der Waals surface area (Å²) in [5.74, 6) is 1.84. The number of aromatic nitrogens is 3. The minimum atomic E-state index is 0.130. The zero-order valence-corrected chi connectivity index (χ0v) is 23.0. The first-order valence-corrected chi connectivity index (χ1v) is 14.2. The lowest BCUT2D eigenvalue weighted by Crippen LogP contribution is -2.30. The van der Waals surface area contributed by atoms with Crippen LogP contribution in [-0.4, -0.2) is 9.55 Å². The molecule has 3 aromatic carbocycles. The quantitative estimate of drug-likeness (QED) is 0.231. The molecule has 0 radical (unpaired) electrons. The van der Waals surface area contributed by atoms with E-state index in [2.05, 4.69) is 105 Å². The van der Waals surface area contributed by atoms with E-state index in [1.165, 1.54) is 81.0 Å². The van der Waals surface area contributed by atoms with E-state index >= 15 is 0 Å². The predicted octanol–water partition coefficient (Wildman–Crippen LogP) is 8.39. The van der Waals surface area contributed by atoms with E-state index in [1.54, 1.807) is 0 Å². The molecule has 1 saturated carbocycles. The molecule has 0 spiro atoms. The molecule has 0 unspecified atom stereocenters. The van der Waals surface area contributed by atoms with E-state index in [0.717, 1.165) is 5.52 Å². The van der Waals surface area contributed by atoms with Crippen LogP contribution in [0.15, 0.2) is 60.7 Å². The molecular formula is C32H36N3S+. The summed E-state index contributed by atoms with van der Waals surface area (Å²) in [7, 11) is 2.21. The fraction of sp³-hybridized carbons (Fsp3) is 0.375. The van der Waals surface area contributed by atoms with Crippen molar-refractivity contribution >= 4 is 32.6 Å². The zero-order valence-electron chi connectivity index (χ0n) is 22.1. The van der Waals surface area contributed by atoms with Gasteiger partial charge in [0.2, 0.25) is 0 Å². The van der Waals surface area contributed by atoms with E-state index in [0.29, 0.717) is 5.92 Å². The Hall–Kier alpha value is -2.98. The lowest BCUT2D eigenvalue weighted by Gasteiger charge is -2.19. The van der Waals surface area contributed by atoms with Crippen LogP contribution in [0.25, 0.3) is 38.3 Å². The maximum absolute atomic E-state index is 5.19. The molecule has 1 aliphatic rings. The second-order valence-electron chi connectivity index (χ2n) is 11.5. The van der Waals surface area contributed by atoms with Crippen molar-refractivity contribution in [1.82, 2.24) is 9.55 Å². The number of imidazole rings is 1. The summed E-state index contributed by atoms with van der Waals surface area (Å²) in [6.07, 6.45) is 6.60. The Morgan fingerprint density at radius 1 is 0.917 bits per heavy atom. The Morgan fingerprint density at radius 3 is 2.36 bits per heavy atom. The van der Waals surface area contributed by atoms with Crippen molar-refractivity contribution in [2.24, 2.45) is 7.05 Å². The highest BCUT2D eigenvalue weighted by atomic mass is 32.1. The van der Waals surface area contributed by atoms with Crippen LogP contribution in [0.4, 0.5) is 0 Å². The molecule has 2 aromatic heterocycles. The van der Waals surface area contributed by atoms with Gasteiger partial charge in [-0.3, -0.25) is 0 Å². The summed E-state index contributed by atoms with van der Waals surface area (Å²) in [5.41, 5.74) is 8.90. The maximum Gasteiger partial charge on any atom is 0.296 e. The predicted molar refractivity (Wildman–Crippen MR) is 152 cm³/mol. The molecule has 1 aliphatic carbocycles. The molecule has 1 fully saturated rings. The maximum atomic E-state index is 5.19. The molecular weight excluding hydrogens is 458 g/mol. The lowest BCUT2D eigenvalue weighted by molar-refractivity contribution is -0.633. The summed E-state index contributed by atoms with van der Waals surface area (Å²) in [5, 5.41) is 1.33. The number of nitrogens with zero attached hydrogens (tertiary/aromatic N) is 3. The number of aryl methyl sites for hydroxylation is 2. The van der Waals surface area contributed by atoms with Crippen LogP contribution < -0.4 is 4.57 Å². The van der Waals surface area contributed by atoms with E-state index < -0.39 is 0 Å². The fourth-order valence-corrected chi connectivity index (χ4v) is 7.20. The normalized spacial score (nSPS) is 15.2. The number of para-hydroxylation sites is 2. The average molecular weight is 495 g/mol. The largest absolute Gasteiger partial charge is 0.296 e. The molecule has 3 nitrogen and oxygen atoms in total. The second kappa shape index (κ2) is 8.85. The number of rotatable bonds is 3. The van der Waals surface area contributed by atoms with Gasteiger partial charge in [0.25, 0.3) is 5.82 Å². The van der Waals surface area contributed by atoms with Crippen molar-refractivity contribution in [2.75, 3.05) is 0 Å². The smallest absolute Gasteiger partial charge is 0.241 e. The first kappa shape index (κ1) is 23.4. The van der Waals surface area contributed by atoms with Crippen molar-refractivity contribution in [3.63, 3.8) is 0 Å². The van der Waals surface area contributed by atoms with Crippen LogP contribution >= 0.6 is 11.3 Å². The van der Waals surface area contributed by atoms with Gasteiger partial charge in [0.1, 0.15) is 5.69 Å². The van der Waals surface area contributed by atoms with E-state index in [-0.39, 0.29) is 5.41 Å². The molecule has 36 heavy (non-hydrogen) atoms. The fourth-order valence-electron chi connectivity index (χ4n) is 5.88. The molecule has 6 rings (SSSR count). The summed E-state index contributed by atoms with van der Waals surface area (Å²) in [6.45, 7) is 9.07. The van der Waals surface area contributed by atoms with Crippen LogP contribution in [0.3, 0.4) is 0 Å². The van der Waals surface area contributed by atoms with Gasteiger partial charge >= 0.3 is 0 Å². The lowest BCUT2D eigenvalue weighted by atomic mass is 9.87. The Bertz CT molecular complexity index is 1560. The number of fused-ring (bicyclic) bond motifs is 2. The third-order valence-electron chi connectivity index (χ3n) is 7.97. The molecule has 0 atom stereocenters. The zero-order chi connectivity index (χ0) is 25.0. The molecule has 0 aliphatic heterocycles. The third-order valence-corrected chi connectivity index (χ3v) is 9.22. The minimum Gasteiger partial charge on any atom is -0.241 e. The Morgan fingerprint density at radius 2 is 1.64 bits per heavy atom. The van der Waals surface area contributed by atoms with Crippen molar-refractivity contribution in [3.05, 3.63) is 76.8 Å². The van der Waals surface area contributed by atoms with Crippen LogP contribution in [0.5, 0.6) is 0 Å². The number of benzene rings is 3. The van der Waals surface area contributed by atoms with Crippen LogP contribution in [0.1, 0.15) is 74.9 Å². The first-order valence-electron chi connectivity index (χ1n) is 13.3. The first-order chi connectivity index (χ1) is 17.3. The van der Waals surface area contributed by atoms with Gasteiger partial charge in [0.15, 0.2) is 11.0 Å². The van der Waals surface area contributed by atoms with Gasteiger partial charge < -0.3 is 0 Å². The average Bonchev–Trinajstić information content (AvgIpc) is 3.44. The highest BCUT2D eigenvalue weighted by molar-refractivity contribution is 7.19. The van der Waals surface area contributed by atoms with Crippen LogP contribution in [0.2, 0.25) is 0 Å². The van der Waals surface area contributed by atoms with Crippen molar-refractivity contribution in [2.45, 2.75) is 71.1 Å². The van der Waals surface area contributed by atoms with E-state index in [9.17, 15) is 0 Å². The van der Waals surface area contributed by atoms with Gasteiger partial charge in [-0.15, -0.1) is 11.3 Å². The van der Waals surface area contributed by atoms with E-state index in [1.807, 2.05) is 11.3 Å². The third kappa shape index (κ3) is 3.87. The highest BCUT2D eigenvalue weighted by Crippen LogP contribution is 2.42. The Labute approximate surface area is 218 Å². The van der Waals surface area contributed by atoms with Gasteiger partial charge in [0.05, 0.1) is 27.8 Å². The molecule has 2 heterocycles. The van der Waals surface area contributed by atoms with Crippen molar-refractivity contribution < 1.29 is 4.57 Å². The van der Waals surface area contributed by atoms with Gasteiger partial charge in [-0.05, 0) is 66.6 Å². The van der Waals surface area contributed by atoms with Crippen molar-refractivity contribution in [3.8, 4) is 17.1 Å². The van der Waals surface area contributed by atoms with Crippen molar-refractivity contribution in [1.29, 1.82) is 0 Å². The summed E-state index contributed by atoms with van der Waals surface area (Å²) < 4.78 is 6.14. The Kier molecular flexibility index (Phi) is 5.75. The molecule has 0 amide bonds. The van der Waals surface area contributed by atoms with Gasteiger partial charge in [-0.25, -0.2) is 9.55 Å². The number of hydrogen-bond donors (Lipinski definition) is 0. The van der Waals surface area contributed by atoms with Crippen LogP contribution in [-0.2, 0) is 12.5 Å². The van der Waals surface area contributed by atoms with Gasteiger partial charge in [-0.2, -0.15) is 4.57 Å². The minimum absolute atomic E-state index is 0.130. The molecule has 0 bridgehead atoms. The molecule has 5 aromatic rings. The van der Waals surface area contributed by atoms with Gasteiger partial charge in [0, 0.05) is 5.92 Å². The number of hydrogen-bond acceptors (Lipinski definition) is 2. The molecule has 4 heteroatoms. The summed E-state index contributed by atoms with van der Waals surface area (Å²) in [4.78, 5) is 5.19. The molecule has 184 valence electrons.